The van der Waals surface area contributed by atoms with Crippen molar-refractivity contribution in [2.75, 3.05) is 47.9 Å². The maximum absolute atomic E-state index is 11.8. The largest absolute Gasteiger partial charge is 0.497 e. The maximum atomic E-state index is 11.8. The van der Waals surface area contributed by atoms with Gasteiger partial charge < -0.3 is 25.2 Å². The van der Waals surface area contributed by atoms with E-state index in [0.29, 0.717) is 6.42 Å². The van der Waals surface area contributed by atoms with Crippen LogP contribution in [0, 0.1) is 0 Å². The van der Waals surface area contributed by atoms with E-state index in [2.05, 4.69) is 46.8 Å². The first-order valence-electron chi connectivity index (χ1n) is 9.53. The standard InChI is InChI=1S/C20H33N5O2.HI/c1-6-19(26)25-12-11-16(14-25)23-20(21-2)22-13-18(24(3)4)15-7-9-17(27-5)10-8-15;/h7-10,16,18H,6,11-14H2,1-5H3,(H2,21,22,23);1H. The lowest BCUT2D eigenvalue weighted by Gasteiger charge is -2.27. The molecule has 2 rings (SSSR count). The quantitative estimate of drug-likeness (QED) is 0.339. The first kappa shape index (κ1) is 24.5. The van der Waals surface area contributed by atoms with Gasteiger partial charge in [-0.05, 0) is 38.2 Å². The molecule has 1 heterocycles. The molecule has 0 radical (unpaired) electrons. The fraction of sp³-hybridized carbons (Fsp3) is 0.600. The number of hydrogen-bond acceptors (Lipinski definition) is 4. The number of methoxy groups -OCH3 is 1. The van der Waals surface area contributed by atoms with Crippen LogP contribution in [0.5, 0.6) is 5.75 Å². The zero-order valence-electron chi connectivity index (χ0n) is 17.6. The third-order valence-electron chi connectivity index (χ3n) is 4.99. The number of halogens is 1. The summed E-state index contributed by atoms with van der Waals surface area (Å²) in [5, 5.41) is 6.87. The summed E-state index contributed by atoms with van der Waals surface area (Å²) >= 11 is 0. The molecule has 1 aliphatic rings. The SMILES string of the molecule is CCC(=O)N1CCC(NC(=NC)NCC(c2ccc(OC)cc2)N(C)C)C1.I. The molecule has 0 spiro atoms. The molecule has 2 N–H and O–H groups in total. The van der Waals surface area contributed by atoms with Gasteiger partial charge in [0.1, 0.15) is 5.75 Å². The lowest BCUT2D eigenvalue weighted by molar-refractivity contribution is -0.129. The molecule has 2 unspecified atom stereocenters. The fourth-order valence-electron chi connectivity index (χ4n) is 3.33. The molecule has 1 aromatic carbocycles. The molecular weight excluding hydrogens is 469 g/mol. The van der Waals surface area contributed by atoms with Crippen molar-refractivity contribution in [3.8, 4) is 5.75 Å². The van der Waals surface area contributed by atoms with Crippen LogP contribution < -0.4 is 15.4 Å². The number of rotatable bonds is 7. The average molecular weight is 503 g/mol. The Morgan fingerprint density at radius 3 is 2.57 bits per heavy atom. The predicted molar refractivity (Wildman–Crippen MR) is 125 cm³/mol. The van der Waals surface area contributed by atoms with Crippen LogP contribution in [-0.2, 0) is 4.79 Å². The minimum absolute atomic E-state index is 0. The van der Waals surface area contributed by atoms with Crippen LogP contribution in [0.4, 0.5) is 0 Å². The monoisotopic (exact) mass is 503 g/mol. The second-order valence-electron chi connectivity index (χ2n) is 7.03. The van der Waals surface area contributed by atoms with Crippen LogP contribution in [0.25, 0.3) is 0 Å². The minimum Gasteiger partial charge on any atom is -0.497 e. The van der Waals surface area contributed by atoms with Crippen LogP contribution >= 0.6 is 24.0 Å². The molecule has 0 bridgehead atoms. The predicted octanol–water partition coefficient (Wildman–Crippen LogP) is 2.09. The number of nitrogens with one attached hydrogen (secondary N) is 2. The van der Waals surface area contributed by atoms with Crippen LogP contribution in [0.3, 0.4) is 0 Å². The Morgan fingerprint density at radius 2 is 2.04 bits per heavy atom. The van der Waals surface area contributed by atoms with Gasteiger partial charge in [-0.25, -0.2) is 0 Å². The van der Waals surface area contributed by atoms with E-state index >= 15 is 0 Å². The molecular formula is C20H34IN5O2. The Morgan fingerprint density at radius 1 is 1.36 bits per heavy atom. The van der Waals surface area contributed by atoms with Gasteiger partial charge in [0.25, 0.3) is 0 Å². The summed E-state index contributed by atoms with van der Waals surface area (Å²) in [6.07, 6.45) is 1.51. The van der Waals surface area contributed by atoms with E-state index < -0.39 is 0 Å². The molecule has 158 valence electrons. The van der Waals surface area contributed by atoms with Crippen LogP contribution in [0.15, 0.2) is 29.3 Å². The van der Waals surface area contributed by atoms with Gasteiger partial charge in [-0.15, -0.1) is 24.0 Å². The Balaban J connectivity index is 0.00000392. The number of carbonyl (C=O) groups excluding carboxylic acids is 1. The topological polar surface area (TPSA) is 69.2 Å². The first-order valence-corrected chi connectivity index (χ1v) is 9.53. The number of ether oxygens (including phenoxy) is 1. The van der Waals surface area contributed by atoms with Gasteiger partial charge in [0, 0.05) is 39.1 Å². The Labute approximate surface area is 185 Å². The summed E-state index contributed by atoms with van der Waals surface area (Å²) in [5.41, 5.74) is 1.21. The molecule has 0 aliphatic carbocycles. The molecule has 28 heavy (non-hydrogen) atoms. The van der Waals surface area contributed by atoms with E-state index in [4.69, 9.17) is 4.74 Å². The van der Waals surface area contributed by atoms with Crippen molar-refractivity contribution < 1.29 is 9.53 Å². The molecule has 1 saturated heterocycles. The summed E-state index contributed by atoms with van der Waals surface area (Å²) in [6, 6.07) is 8.59. The normalized spacial score (nSPS) is 17.9. The molecule has 0 saturated carbocycles. The summed E-state index contributed by atoms with van der Waals surface area (Å²) in [7, 11) is 7.58. The van der Waals surface area contributed by atoms with Crippen molar-refractivity contribution in [2.24, 2.45) is 4.99 Å². The third-order valence-corrected chi connectivity index (χ3v) is 4.99. The number of amides is 1. The van der Waals surface area contributed by atoms with Gasteiger partial charge in [-0.2, -0.15) is 0 Å². The number of likely N-dealkylation sites (tertiary alicyclic amines) is 1. The maximum Gasteiger partial charge on any atom is 0.222 e. The molecule has 7 nitrogen and oxygen atoms in total. The molecule has 1 aromatic rings. The second-order valence-corrected chi connectivity index (χ2v) is 7.03. The van der Waals surface area contributed by atoms with E-state index in [9.17, 15) is 4.79 Å². The highest BCUT2D eigenvalue weighted by atomic mass is 127. The summed E-state index contributed by atoms with van der Waals surface area (Å²) < 4.78 is 5.25. The lowest BCUT2D eigenvalue weighted by Crippen LogP contribution is -2.47. The number of guanidine groups is 1. The van der Waals surface area contributed by atoms with Gasteiger partial charge in [0.15, 0.2) is 5.96 Å². The fourth-order valence-corrected chi connectivity index (χ4v) is 3.33. The molecule has 2 atom stereocenters. The van der Waals surface area contributed by atoms with Crippen molar-refractivity contribution in [1.82, 2.24) is 20.4 Å². The second kappa shape index (κ2) is 12.1. The van der Waals surface area contributed by atoms with Gasteiger partial charge in [0.2, 0.25) is 5.91 Å². The Hall–Kier alpha value is -1.55. The van der Waals surface area contributed by atoms with Crippen molar-refractivity contribution in [1.29, 1.82) is 0 Å². The molecule has 1 fully saturated rings. The number of carbonyl (C=O) groups is 1. The van der Waals surface area contributed by atoms with Crippen molar-refractivity contribution >= 4 is 35.8 Å². The van der Waals surface area contributed by atoms with E-state index in [1.54, 1.807) is 14.2 Å². The van der Waals surface area contributed by atoms with E-state index in [-0.39, 0.29) is 42.0 Å². The van der Waals surface area contributed by atoms with E-state index in [1.807, 2.05) is 24.0 Å². The zero-order chi connectivity index (χ0) is 19.8. The lowest BCUT2D eigenvalue weighted by atomic mass is 10.1. The summed E-state index contributed by atoms with van der Waals surface area (Å²) in [5.74, 6) is 1.84. The summed E-state index contributed by atoms with van der Waals surface area (Å²) in [4.78, 5) is 20.3. The number of nitrogens with zero attached hydrogens (tertiary/aromatic N) is 3. The highest BCUT2D eigenvalue weighted by molar-refractivity contribution is 14.0. The van der Waals surface area contributed by atoms with Crippen LogP contribution in [0.1, 0.15) is 31.4 Å². The van der Waals surface area contributed by atoms with E-state index in [1.165, 1.54) is 5.56 Å². The van der Waals surface area contributed by atoms with Gasteiger partial charge in [-0.1, -0.05) is 19.1 Å². The highest BCUT2D eigenvalue weighted by Crippen LogP contribution is 2.20. The Bertz CT molecular complexity index is 636. The molecule has 1 amide bonds. The Kier molecular flexibility index (Phi) is 10.6. The van der Waals surface area contributed by atoms with Gasteiger partial charge in [-0.3, -0.25) is 9.79 Å². The smallest absolute Gasteiger partial charge is 0.222 e. The van der Waals surface area contributed by atoms with Crippen LogP contribution in [0.2, 0.25) is 0 Å². The molecule has 1 aliphatic heterocycles. The van der Waals surface area contributed by atoms with Crippen molar-refractivity contribution in [3.05, 3.63) is 29.8 Å². The number of hydrogen-bond donors (Lipinski definition) is 2. The van der Waals surface area contributed by atoms with Crippen molar-refractivity contribution in [2.45, 2.75) is 31.8 Å². The molecule has 8 heteroatoms. The summed E-state index contributed by atoms with van der Waals surface area (Å²) in [6.45, 7) is 4.18. The van der Waals surface area contributed by atoms with Crippen LogP contribution in [-0.4, -0.2) is 75.6 Å². The minimum atomic E-state index is 0. The highest BCUT2D eigenvalue weighted by Gasteiger charge is 2.26. The zero-order valence-corrected chi connectivity index (χ0v) is 19.9. The number of likely N-dealkylation sites (N-methyl/N-ethyl adjacent to an activating group) is 1. The van der Waals surface area contributed by atoms with Gasteiger partial charge >= 0.3 is 0 Å². The molecule has 0 aromatic heterocycles. The number of aliphatic imine (C=N–C) groups is 1. The van der Waals surface area contributed by atoms with Gasteiger partial charge in [0.05, 0.1) is 13.2 Å². The van der Waals surface area contributed by atoms with Crippen molar-refractivity contribution in [3.63, 3.8) is 0 Å². The van der Waals surface area contributed by atoms with E-state index in [0.717, 1.165) is 37.8 Å². The third kappa shape index (κ3) is 6.80. The average Bonchev–Trinajstić information content (AvgIpc) is 3.15. The number of benzene rings is 1. The first-order chi connectivity index (χ1) is 13.0.